The number of carboxylic acids is 1. The standard InChI is InChI=1S/C28H40O3/c1-2-3-4-5-6-7-8-9-10-11-12-13-14-15-20-26(28(30)31)27-22-24(29)21-23-18-16-17-19-25(23)27/h9-10,16-19,21-22,26,29H,2-8,11-15,20H2,1H3,(H,30,31)/b10-9-. The van der Waals surface area contributed by atoms with Crippen LogP contribution in [0.15, 0.2) is 48.6 Å². The van der Waals surface area contributed by atoms with E-state index in [1.165, 1.54) is 51.4 Å². The van der Waals surface area contributed by atoms with Crippen LogP contribution in [-0.4, -0.2) is 16.2 Å². The number of carbonyl (C=O) groups is 1. The van der Waals surface area contributed by atoms with Crippen molar-refractivity contribution < 1.29 is 15.0 Å². The average molecular weight is 425 g/mol. The van der Waals surface area contributed by atoms with E-state index in [1.54, 1.807) is 12.1 Å². The number of phenols is 1. The van der Waals surface area contributed by atoms with Gasteiger partial charge in [0, 0.05) is 0 Å². The minimum Gasteiger partial charge on any atom is -0.508 e. The predicted octanol–water partition coefficient (Wildman–Crippen LogP) is 8.36. The molecule has 0 saturated heterocycles. The SMILES string of the molecule is CCCCCCCC/C=C\CCCCCCC(C(=O)O)c1cc(O)cc2ccccc12. The lowest BCUT2D eigenvalue weighted by Crippen LogP contribution is -2.12. The van der Waals surface area contributed by atoms with Gasteiger partial charge in [-0.15, -0.1) is 0 Å². The first-order chi connectivity index (χ1) is 15.1. The second-order valence-electron chi connectivity index (χ2n) is 8.67. The molecule has 3 nitrogen and oxygen atoms in total. The van der Waals surface area contributed by atoms with E-state index in [0.717, 1.165) is 42.0 Å². The van der Waals surface area contributed by atoms with E-state index < -0.39 is 11.9 Å². The van der Waals surface area contributed by atoms with Crippen molar-refractivity contribution in [2.75, 3.05) is 0 Å². The van der Waals surface area contributed by atoms with Crippen LogP contribution in [0.2, 0.25) is 0 Å². The van der Waals surface area contributed by atoms with E-state index in [4.69, 9.17) is 0 Å². The topological polar surface area (TPSA) is 57.5 Å². The van der Waals surface area contributed by atoms with E-state index in [1.807, 2.05) is 24.3 Å². The summed E-state index contributed by atoms with van der Waals surface area (Å²) in [6, 6.07) is 11.0. The summed E-state index contributed by atoms with van der Waals surface area (Å²) in [5.41, 5.74) is 0.723. The molecule has 2 aromatic rings. The molecule has 0 aliphatic carbocycles. The molecule has 1 unspecified atom stereocenters. The maximum absolute atomic E-state index is 11.9. The molecule has 0 bridgehead atoms. The monoisotopic (exact) mass is 424 g/mol. The Balaban J connectivity index is 1.67. The van der Waals surface area contributed by atoms with Gasteiger partial charge in [0.25, 0.3) is 0 Å². The summed E-state index contributed by atoms with van der Waals surface area (Å²) in [7, 11) is 0. The number of hydrogen-bond acceptors (Lipinski definition) is 2. The fraction of sp³-hybridized carbons (Fsp3) is 0.536. The zero-order valence-corrected chi connectivity index (χ0v) is 19.2. The Kier molecular flexibility index (Phi) is 11.8. The molecular formula is C28H40O3. The van der Waals surface area contributed by atoms with Crippen molar-refractivity contribution in [3.63, 3.8) is 0 Å². The van der Waals surface area contributed by atoms with E-state index in [2.05, 4.69) is 19.1 Å². The van der Waals surface area contributed by atoms with Crippen LogP contribution < -0.4 is 0 Å². The number of rotatable bonds is 16. The van der Waals surface area contributed by atoms with Crippen LogP contribution in [0.5, 0.6) is 5.75 Å². The van der Waals surface area contributed by atoms with Crippen LogP contribution in [0.1, 0.15) is 102 Å². The average Bonchev–Trinajstić information content (AvgIpc) is 2.75. The number of hydrogen-bond donors (Lipinski definition) is 2. The first-order valence-corrected chi connectivity index (χ1v) is 12.2. The predicted molar refractivity (Wildman–Crippen MR) is 131 cm³/mol. The fourth-order valence-corrected chi connectivity index (χ4v) is 4.27. The van der Waals surface area contributed by atoms with E-state index in [-0.39, 0.29) is 5.75 Å². The fourth-order valence-electron chi connectivity index (χ4n) is 4.27. The van der Waals surface area contributed by atoms with Crippen LogP contribution in [-0.2, 0) is 4.79 Å². The molecule has 0 aromatic heterocycles. The van der Waals surface area contributed by atoms with Crippen LogP contribution in [0.3, 0.4) is 0 Å². The summed E-state index contributed by atoms with van der Waals surface area (Å²) in [5.74, 6) is -1.25. The molecule has 0 radical (unpaired) electrons. The quantitative estimate of drug-likeness (QED) is 0.210. The summed E-state index contributed by atoms with van der Waals surface area (Å²) in [4.78, 5) is 11.9. The number of phenolic OH excluding ortho intramolecular Hbond substituents is 1. The minimum atomic E-state index is -0.812. The number of aromatic hydroxyl groups is 1. The highest BCUT2D eigenvalue weighted by Crippen LogP contribution is 2.33. The Morgan fingerprint density at radius 2 is 1.48 bits per heavy atom. The smallest absolute Gasteiger partial charge is 0.310 e. The number of aliphatic carboxylic acids is 1. The molecule has 0 saturated carbocycles. The lowest BCUT2D eigenvalue weighted by atomic mass is 9.89. The van der Waals surface area contributed by atoms with Crippen molar-refractivity contribution >= 4 is 16.7 Å². The lowest BCUT2D eigenvalue weighted by Gasteiger charge is -2.16. The first-order valence-electron chi connectivity index (χ1n) is 12.2. The summed E-state index contributed by atoms with van der Waals surface area (Å²) >= 11 is 0. The van der Waals surface area contributed by atoms with Gasteiger partial charge in [-0.2, -0.15) is 0 Å². The number of benzene rings is 2. The maximum Gasteiger partial charge on any atom is 0.310 e. The molecule has 0 fully saturated rings. The van der Waals surface area contributed by atoms with Gasteiger partial charge in [0.1, 0.15) is 5.75 Å². The molecule has 170 valence electrons. The highest BCUT2D eigenvalue weighted by Gasteiger charge is 2.22. The van der Waals surface area contributed by atoms with Crippen molar-refractivity contribution in [2.24, 2.45) is 0 Å². The molecule has 0 aliphatic rings. The molecular weight excluding hydrogens is 384 g/mol. The number of carboxylic acid groups (broad SMARTS) is 1. The van der Waals surface area contributed by atoms with Gasteiger partial charge in [-0.25, -0.2) is 0 Å². The van der Waals surface area contributed by atoms with Crippen molar-refractivity contribution in [1.29, 1.82) is 0 Å². The van der Waals surface area contributed by atoms with Gasteiger partial charge in [0.15, 0.2) is 0 Å². The number of allylic oxidation sites excluding steroid dienone is 2. The lowest BCUT2D eigenvalue weighted by molar-refractivity contribution is -0.139. The number of unbranched alkanes of at least 4 members (excludes halogenated alkanes) is 10. The van der Waals surface area contributed by atoms with Gasteiger partial charge in [-0.3, -0.25) is 4.79 Å². The van der Waals surface area contributed by atoms with E-state index in [0.29, 0.717) is 6.42 Å². The summed E-state index contributed by atoms with van der Waals surface area (Å²) in [6.45, 7) is 2.25. The van der Waals surface area contributed by atoms with Gasteiger partial charge in [0.05, 0.1) is 5.92 Å². The Morgan fingerprint density at radius 3 is 2.16 bits per heavy atom. The molecule has 1 atom stereocenters. The van der Waals surface area contributed by atoms with Crippen LogP contribution in [0, 0.1) is 0 Å². The van der Waals surface area contributed by atoms with Gasteiger partial charge < -0.3 is 10.2 Å². The van der Waals surface area contributed by atoms with Gasteiger partial charge >= 0.3 is 5.97 Å². The Bertz CT molecular complexity index is 809. The zero-order chi connectivity index (χ0) is 22.3. The molecule has 0 aliphatic heterocycles. The van der Waals surface area contributed by atoms with E-state index >= 15 is 0 Å². The third-order valence-corrected chi connectivity index (χ3v) is 6.06. The molecule has 0 amide bonds. The van der Waals surface area contributed by atoms with Crippen LogP contribution in [0.4, 0.5) is 0 Å². The second kappa shape index (κ2) is 14.7. The Labute approximate surface area is 188 Å². The molecule has 0 spiro atoms. The Morgan fingerprint density at radius 1 is 0.871 bits per heavy atom. The molecule has 2 rings (SSSR count). The van der Waals surface area contributed by atoms with Crippen molar-refractivity contribution in [2.45, 2.75) is 96.3 Å². The minimum absolute atomic E-state index is 0.132. The summed E-state index contributed by atoms with van der Waals surface area (Å²) < 4.78 is 0. The highest BCUT2D eigenvalue weighted by atomic mass is 16.4. The van der Waals surface area contributed by atoms with Gasteiger partial charge in [0.2, 0.25) is 0 Å². The molecule has 31 heavy (non-hydrogen) atoms. The maximum atomic E-state index is 11.9. The third-order valence-electron chi connectivity index (χ3n) is 6.06. The molecule has 3 heteroatoms. The van der Waals surface area contributed by atoms with Crippen molar-refractivity contribution in [3.05, 3.63) is 54.1 Å². The van der Waals surface area contributed by atoms with E-state index in [9.17, 15) is 15.0 Å². The van der Waals surface area contributed by atoms with Gasteiger partial charge in [-0.1, -0.05) is 94.7 Å². The van der Waals surface area contributed by atoms with Crippen molar-refractivity contribution in [1.82, 2.24) is 0 Å². The van der Waals surface area contributed by atoms with Crippen molar-refractivity contribution in [3.8, 4) is 5.75 Å². The molecule has 0 heterocycles. The molecule has 2 N–H and O–H groups in total. The summed E-state index contributed by atoms with van der Waals surface area (Å²) in [5, 5.41) is 21.6. The highest BCUT2D eigenvalue weighted by molar-refractivity contribution is 5.91. The van der Waals surface area contributed by atoms with Gasteiger partial charge in [-0.05, 0) is 60.6 Å². The van der Waals surface area contributed by atoms with Crippen LogP contribution >= 0.6 is 0 Å². The molecule has 2 aromatic carbocycles. The largest absolute Gasteiger partial charge is 0.508 e. The number of fused-ring (bicyclic) bond motifs is 1. The summed E-state index contributed by atoms with van der Waals surface area (Å²) in [6.07, 6.45) is 19.9. The van der Waals surface area contributed by atoms with Crippen LogP contribution in [0.25, 0.3) is 10.8 Å². The third kappa shape index (κ3) is 9.16. The normalized spacial score (nSPS) is 12.5. The zero-order valence-electron chi connectivity index (χ0n) is 19.2. The first kappa shape index (κ1) is 25.0. The second-order valence-corrected chi connectivity index (χ2v) is 8.67. The Hall–Kier alpha value is -2.29.